The summed E-state index contributed by atoms with van der Waals surface area (Å²) in [4.78, 5) is 12.4. The zero-order valence-electron chi connectivity index (χ0n) is 13.2. The highest BCUT2D eigenvalue weighted by Gasteiger charge is 2.23. The van der Waals surface area contributed by atoms with Gasteiger partial charge in [-0.2, -0.15) is 4.98 Å². The van der Waals surface area contributed by atoms with E-state index in [0.29, 0.717) is 40.5 Å². The molecule has 0 amide bonds. The Morgan fingerprint density at radius 3 is 2.75 bits per heavy atom. The van der Waals surface area contributed by atoms with Crippen LogP contribution < -0.4 is 0 Å². The Balaban J connectivity index is 2.32. The second-order valence-corrected chi connectivity index (χ2v) is 5.72. The van der Waals surface area contributed by atoms with Crippen LogP contribution in [0.1, 0.15) is 19.4 Å². The Morgan fingerprint density at radius 1 is 1.33 bits per heavy atom. The van der Waals surface area contributed by atoms with Crippen LogP contribution in [0, 0.1) is 5.82 Å². The predicted octanol–water partition coefficient (Wildman–Crippen LogP) is 3.59. The molecule has 3 heterocycles. The van der Waals surface area contributed by atoms with Gasteiger partial charge in [0.2, 0.25) is 0 Å². The fraction of sp³-hybridized carbons (Fsp3) is 0.312. The third kappa shape index (κ3) is 2.81. The van der Waals surface area contributed by atoms with Crippen molar-refractivity contribution >= 4 is 22.8 Å². The van der Waals surface area contributed by atoms with Gasteiger partial charge in [0, 0.05) is 18.9 Å². The van der Waals surface area contributed by atoms with Crippen LogP contribution in [-0.4, -0.2) is 38.3 Å². The lowest BCUT2D eigenvalue weighted by Crippen LogP contribution is -2.14. The molecule has 0 saturated carbocycles. The fourth-order valence-electron chi connectivity index (χ4n) is 2.71. The molecular weight excluding hydrogens is 335 g/mol. The average Bonchev–Trinajstić information content (AvgIpc) is 2.90. The van der Waals surface area contributed by atoms with E-state index >= 15 is 0 Å². The quantitative estimate of drug-likeness (QED) is 0.761. The molecule has 126 valence electrons. The first-order chi connectivity index (χ1) is 11.6. The number of aromatic nitrogens is 4. The number of imidazole rings is 1. The molecule has 3 rings (SSSR count). The summed E-state index contributed by atoms with van der Waals surface area (Å²) in [6.07, 6.45) is 3.26. The molecule has 0 aliphatic carbocycles. The molecule has 0 bridgehead atoms. The van der Waals surface area contributed by atoms with E-state index in [-0.39, 0.29) is 12.1 Å². The standard InChI is InChI=1S/C16H16ClFN4O2/c1-3-10(8-24-2)22-14-13(12-5-4-9(18)6-19-12)11(17)7-20-15(14)21-16(22)23/h4-7,10H,3,8H2,1-2H3,(H,20,21,23)/t10-/m1/s1. The molecule has 0 unspecified atom stereocenters. The summed E-state index contributed by atoms with van der Waals surface area (Å²) in [7, 11) is 1.59. The van der Waals surface area contributed by atoms with Crippen LogP contribution in [0.15, 0.2) is 24.5 Å². The Morgan fingerprint density at radius 2 is 2.12 bits per heavy atom. The lowest BCUT2D eigenvalue weighted by atomic mass is 10.1. The van der Waals surface area contributed by atoms with Crippen LogP contribution in [0.2, 0.25) is 5.02 Å². The Labute approximate surface area is 142 Å². The van der Waals surface area contributed by atoms with Gasteiger partial charge in [0.05, 0.1) is 29.6 Å². The number of rotatable bonds is 5. The third-order valence-electron chi connectivity index (χ3n) is 3.83. The summed E-state index contributed by atoms with van der Waals surface area (Å²) < 4.78 is 20.1. The molecule has 0 aliphatic rings. The number of hydrogen-bond acceptors (Lipinski definition) is 5. The first-order valence-corrected chi connectivity index (χ1v) is 7.80. The third-order valence-corrected chi connectivity index (χ3v) is 4.12. The Bertz CT molecular complexity index is 867. The van der Waals surface area contributed by atoms with Crippen molar-refractivity contribution in [2.24, 2.45) is 0 Å². The second-order valence-electron chi connectivity index (χ2n) is 5.31. The van der Waals surface area contributed by atoms with Gasteiger partial charge in [-0.15, -0.1) is 0 Å². The highest BCUT2D eigenvalue weighted by Crippen LogP contribution is 2.37. The number of halogens is 2. The van der Waals surface area contributed by atoms with E-state index in [1.54, 1.807) is 11.7 Å². The summed E-state index contributed by atoms with van der Waals surface area (Å²) in [5.41, 5.74) is 1.90. The van der Waals surface area contributed by atoms with E-state index in [0.717, 1.165) is 6.20 Å². The molecule has 0 aliphatic heterocycles. The Kier molecular flexibility index (Phi) is 4.64. The molecule has 0 fully saturated rings. The summed E-state index contributed by atoms with van der Waals surface area (Å²) in [5.74, 6) is -0.442. The van der Waals surface area contributed by atoms with E-state index < -0.39 is 5.82 Å². The maximum atomic E-state index is 13.2. The second kappa shape index (κ2) is 6.70. The van der Waals surface area contributed by atoms with Gasteiger partial charge in [-0.25, -0.2) is 9.37 Å². The van der Waals surface area contributed by atoms with Gasteiger partial charge in [-0.1, -0.05) is 18.5 Å². The van der Waals surface area contributed by atoms with Crippen LogP contribution in [-0.2, 0) is 4.74 Å². The molecule has 1 N–H and O–H groups in total. The minimum Gasteiger partial charge on any atom is -0.480 e. The topological polar surface area (TPSA) is 73.1 Å². The number of nitrogens with zero attached hydrogens (tertiary/aromatic N) is 4. The van der Waals surface area contributed by atoms with E-state index in [1.807, 2.05) is 6.92 Å². The van der Waals surface area contributed by atoms with E-state index in [4.69, 9.17) is 16.3 Å². The van der Waals surface area contributed by atoms with Crippen molar-refractivity contribution in [3.8, 4) is 17.3 Å². The molecule has 0 spiro atoms. The molecular formula is C16H16ClFN4O2. The number of fused-ring (bicyclic) bond motifs is 1. The molecule has 6 nitrogen and oxygen atoms in total. The van der Waals surface area contributed by atoms with Crippen molar-refractivity contribution in [2.75, 3.05) is 13.7 Å². The molecule has 0 radical (unpaired) electrons. The van der Waals surface area contributed by atoms with Crippen molar-refractivity contribution in [2.45, 2.75) is 19.4 Å². The van der Waals surface area contributed by atoms with Gasteiger partial charge in [-0.05, 0) is 18.6 Å². The zero-order chi connectivity index (χ0) is 17.3. The predicted molar refractivity (Wildman–Crippen MR) is 88.6 cm³/mol. The monoisotopic (exact) mass is 350 g/mol. The summed E-state index contributed by atoms with van der Waals surface area (Å²) in [6, 6.07) is 2.51. The van der Waals surface area contributed by atoms with Gasteiger partial charge in [0.25, 0.3) is 6.01 Å². The van der Waals surface area contributed by atoms with Gasteiger partial charge in [-0.3, -0.25) is 9.55 Å². The normalized spacial score (nSPS) is 12.7. The lowest BCUT2D eigenvalue weighted by Gasteiger charge is -2.18. The number of aromatic hydroxyl groups is 1. The SMILES string of the molecule is CC[C@H](COC)n1c(O)nc2ncc(Cl)c(-c3ccc(F)cn3)c21. The highest BCUT2D eigenvalue weighted by molar-refractivity contribution is 6.34. The lowest BCUT2D eigenvalue weighted by molar-refractivity contribution is 0.150. The van der Waals surface area contributed by atoms with Gasteiger partial charge >= 0.3 is 0 Å². The molecule has 3 aromatic rings. The summed E-state index contributed by atoms with van der Waals surface area (Å²) in [6.45, 7) is 2.36. The van der Waals surface area contributed by atoms with Crippen molar-refractivity contribution < 1.29 is 14.2 Å². The largest absolute Gasteiger partial charge is 0.480 e. The van der Waals surface area contributed by atoms with Gasteiger partial charge < -0.3 is 9.84 Å². The Hall–Kier alpha value is -2.25. The minimum absolute atomic E-state index is 0.153. The molecule has 0 saturated heterocycles. The molecule has 24 heavy (non-hydrogen) atoms. The molecule has 1 atom stereocenters. The number of pyridine rings is 2. The number of methoxy groups -OCH3 is 1. The molecule has 8 heteroatoms. The van der Waals surface area contributed by atoms with Crippen molar-refractivity contribution in [1.29, 1.82) is 0 Å². The van der Waals surface area contributed by atoms with E-state index in [1.165, 1.54) is 18.3 Å². The molecule has 3 aromatic heterocycles. The number of ether oxygens (including phenoxy) is 1. The number of hydrogen-bond donors (Lipinski definition) is 1. The average molecular weight is 351 g/mol. The maximum absolute atomic E-state index is 13.2. The van der Waals surface area contributed by atoms with Gasteiger partial charge in [0.1, 0.15) is 11.3 Å². The van der Waals surface area contributed by atoms with Crippen LogP contribution in [0.25, 0.3) is 22.4 Å². The van der Waals surface area contributed by atoms with Crippen molar-refractivity contribution in [3.63, 3.8) is 0 Å². The fourth-order valence-corrected chi connectivity index (χ4v) is 2.94. The summed E-state index contributed by atoms with van der Waals surface area (Å²) >= 11 is 6.33. The smallest absolute Gasteiger partial charge is 0.296 e. The minimum atomic E-state index is -0.442. The zero-order valence-corrected chi connectivity index (χ0v) is 14.0. The van der Waals surface area contributed by atoms with Crippen LogP contribution in [0.5, 0.6) is 6.01 Å². The van der Waals surface area contributed by atoms with E-state index in [2.05, 4.69) is 15.0 Å². The summed E-state index contributed by atoms with van der Waals surface area (Å²) in [5, 5.41) is 10.6. The van der Waals surface area contributed by atoms with Crippen molar-refractivity contribution in [3.05, 3.63) is 35.4 Å². The van der Waals surface area contributed by atoms with Crippen LogP contribution >= 0.6 is 11.6 Å². The van der Waals surface area contributed by atoms with Crippen LogP contribution in [0.3, 0.4) is 0 Å². The van der Waals surface area contributed by atoms with Crippen LogP contribution in [0.4, 0.5) is 4.39 Å². The highest BCUT2D eigenvalue weighted by atomic mass is 35.5. The van der Waals surface area contributed by atoms with Gasteiger partial charge in [0.15, 0.2) is 5.65 Å². The maximum Gasteiger partial charge on any atom is 0.296 e. The van der Waals surface area contributed by atoms with E-state index in [9.17, 15) is 9.50 Å². The van der Waals surface area contributed by atoms with Crippen molar-refractivity contribution in [1.82, 2.24) is 19.5 Å². The first-order valence-electron chi connectivity index (χ1n) is 7.43. The first kappa shape index (κ1) is 16.6. The molecule has 0 aromatic carbocycles.